The molecule has 3 heterocycles. The van der Waals surface area contributed by atoms with Gasteiger partial charge in [0.1, 0.15) is 5.82 Å². The van der Waals surface area contributed by atoms with E-state index in [4.69, 9.17) is 4.52 Å². The summed E-state index contributed by atoms with van der Waals surface area (Å²) in [7, 11) is 0. The molecule has 3 fully saturated rings. The third-order valence-electron chi connectivity index (χ3n) is 7.03. The normalized spacial score (nSPS) is 22.4. The first-order valence-corrected chi connectivity index (χ1v) is 11.5. The fourth-order valence-electron chi connectivity index (χ4n) is 5.02. The largest absolute Gasteiger partial charge is 0.368 e. The molecule has 3 aliphatic rings. The zero-order chi connectivity index (χ0) is 21.4. The molecule has 0 bridgehead atoms. The van der Waals surface area contributed by atoms with Crippen LogP contribution in [0.2, 0.25) is 0 Å². The minimum absolute atomic E-state index is 0. The second-order valence-corrected chi connectivity index (χ2v) is 9.04. The molecular formula is C23H31ClFN5O2. The van der Waals surface area contributed by atoms with Gasteiger partial charge in [-0.2, -0.15) is 4.98 Å². The van der Waals surface area contributed by atoms with Crippen molar-refractivity contribution in [3.05, 3.63) is 29.8 Å². The zero-order valence-corrected chi connectivity index (χ0v) is 19.3. The highest BCUT2D eigenvalue weighted by molar-refractivity contribution is 5.85. The number of halogens is 2. The van der Waals surface area contributed by atoms with Gasteiger partial charge in [-0.1, -0.05) is 11.6 Å². The highest BCUT2D eigenvalue weighted by Gasteiger charge is 2.34. The van der Waals surface area contributed by atoms with E-state index >= 15 is 0 Å². The van der Waals surface area contributed by atoms with Crippen LogP contribution in [0.25, 0.3) is 11.5 Å². The molecule has 0 spiro atoms. The summed E-state index contributed by atoms with van der Waals surface area (Å²) in [6, 6.07) is 5.71. The molecule has 2 saturated heterocycles. The van der Waals surface area contributed by atoms with E-state index in [2.05, 4.69) is 15.0 Å². The number of benzene rings is 1. The summed E-state index contributed by atoms with van der Waals surface area (Å²) in [4.78, 5) is 23.9. The predicted octanol–water partition coefficient (Wildman–Crippen LogP) is 3.52. The van der Waals surface area contributed by atoms with Gasteiger partial charge in [-0.05, 0) is 50.8 Å². The number of hydrogen-bond acceptors (Lipinski definition) is 6. The number of rotatable bonds is 4. The maximum Gasteiger partial charge on any atom is 0.258 e. The van der Waals surface area contributed by atoms with Crippen LogP contribution in [0.4, 0.5) is 10.1 Å². The number of aryl methyl sites for hydroxylation is 1. The van der Waals surface area contributed by atoms with E-state index in [9.17, 15) is 9.18 Å². The maximum absolute atomic E-state index is 14.9. The van der Waals surface area contributed by atoms with Gasteiger partial charge in [0.15, 0.2) is 5.82 Å². The molecule has 9 heteroatoms. The van der Waals surface area contributed by atoms with Crippen LogP contribution >= 0.6 is 12.4 Å². The Morgan fingerprint density at radius 2 is 1.94 bits per heavy atom. The monoisotopic (exact) mass is 463 g/mol. The van der Waals surface area contributed by atoms with Crippen molar-refractivity contribution in [2.24, 2.45) is 5.92 Å². The maximum atomic E-state index is 14.9. The Bertz CT molecular complexity index is 950. The molecular weight excluding hydrogens is 433 g/mol. The molecule has 2 aromatic rings. The average molecular weight is 464 g/mol. The summed E-state index contributed by atoms with van der Waals surface area (Å²) in [5, 5.41) is 3.76. The second kappa shape index (κ2) is 9.75. The van der Waals surface area contributed by atoms with Crippen molar-refractivity contribution in [1.82, 2.24) is 19.9 Å². The molecule has 1 aromatic heterocycles. The van der Waals surface area contributed by atoms with Crippen LogP contribution in [-0.4, -0.2) is 71.2 Å². The lowest BCUT2D eigenvalue weighted by atomic mass is 9.91. The summed E-state index contributed by atoms with van der Waals surface area (Å²) in [5.41, 5.74) is 1.09. The van der Waals surface area contributed by atoms with Crippen LogP contribution in [0, 0.1) is 18.7 Å². The SMILES string of the molecule is Cc1noc(-c2ccc(N3CC[C@@H](C(=O)N4CCCN(C5CCC5)CC4)C3)c(F)c2)n1.Cl. The number of aromatic nitrogens is 2. The van der Waals surface area contributed by atoms with Gasteiger partial charge < -0.3 is 14.3 Å². The highest BCUT2D eigenvalue weighted by atomic mass is 35.5. The van der Waals surface area contributed by atoms with Crippen LogP contribution < -0.4 is 4.90 Å². The van der Waals surface area contributed by atoms with E-state index in [-0.39, 0.29) is 30.0 Å². The quantitative estimate of drug-likeness (QED) is 0.691. The molecule has 1 amide bonds. The predicted molar refractivity (Wildman–Crippen MR) is 122 cm³/mol. The molecule has 5 rings (SSSR count). The third kappa shape index (κ3) is 4.62. The van der Waals surface area contributed by atoms with Crippen molar-refractivity contribution in [3.63, 3.8) is 0 Å². The summed E-state index contributed by atoms with van der Waals surface area (Å²) in [6.45, 7) is 6.73. The van der Waals surface area contributed by atoms with Gasteiger partial charge in [-0.25, -0.2) is 4.39 Å². The second-order valence-electron chi connectivity index (χ2n) is 9.04. The Hall–Kier alpha value is -2.19. The van der Waals surface area contributed by atoms with Crippen LogP contribution in [0.15, 0.2) is 22.7 Å². The van der Waals surface area contributed by atoms with Crippen LogP contribution in [-0.2, 0) is 4.79 Å². The van der Waals surface area contributed by atoms with E-state index in [1.807, 2.05) is 9.80 Å². The number of carbonyl (C=O) groups is 1. The van der Waals surface area contributed by atoms with Crippen LogP contribution in [0.3, 0.4) is 0 Å². The number of hydrogen-bond donors (Lipinski definition) is 0. The van der Waals surface area contributed by atoms with E-state index < -0.39 is 0 Å². The Morgan fingerprint density at radius 1 is 1.09 bits per heavy atom. The van der Waals surface area contributed by atoms with Gasteiger partial charge >= 0.3 is 0 Å². The number of amides is 1. The van der Waals surface area contributed by atoms with E-state index in [0.29, 0.717) is 36.1 Å². The van der Waals surface area contributed by atoms with Crippen molar-refractivity contribution in [2.45, 2.75) is 45.1 Å². The van der Waals surface area contributed by atoms with Crippen LogP contribution in [0.1, 0.15) is 37.9 Å². The molecule has 174 valence electrons. The summed E-state index contributed by atoms with van der Waals surface area (Å²) in [6.07, 6.45) is 5.77. The molecule has 0 N–H and O–H groups in total. The lowest BCUT2D eigenvalue weighted by Gasteiger charge is -2.36. The summed E-state index contributed by atoms with van der Waals surface area (Å²) >= 11 is 0. The molecule has 7 nitrogen and oxygen atoms in total. The first-order chi connectivity index (χ1) is 15.1. The van der Waals surface area contributed by atoms with E-state index in [1.54, 1.807) is 19.1 Å². The van der Waals surface area contributed by atoms with Gasteiger partial charge in [0.2, 0.25) is 5.91 Å². The minimum Gasteiger partial charge on any atom is -0.368 e. The van der Waals surface area contributed by atoms with Gasteiger partial charge in [-0.3, -0.25) is 9.69 Å². The lowest BCUT2D eigenvalue weighted by Crippen LogP contribution is -2.43. The van der Waals surface area contributed by atoms with Gasteiger partial charge in [0.25, 0.3) is 5.89 Å². The first-order valence-electron chi connectivity index (χ1n) is 11.5. The molecule has 0 unspecified atom stereocenters. The van der Waals surface area contributed by atoms with Crippen molar-refractivity contribution in [3.8, 4) is 11.5 Å². The van der Waals surface area contributed by atoms with E-state index in [1.165, 1.54) is 25.3 Å². The number of carbonyl (C=O) groups excluding carboxylic acids is 1. The molecule has 0 radical (unpaired) electrons. The summed E-state index contributed by atoms with van der Waals surface area (Å²) in [5.74, 6) is 0.677. The topological polar surface area (TPSA) is 65.7 Å². The molecule has 32 heavy (non-hydrogen) atoms. The number of anilines is 1. The first kappa shape index (κ1) is 23.0. The van der Waals surface area contributed by atoms with Crippen molar-refractivity contribution >= 4 is 24.0 Å². The van der Waals surface area contributed by atoms with Crippen LogP contribution in [0.5, 0.6) is 0 Å². The van der Waals surface area contributed by atoms with Crippen molar-refractivity contribution in [1.29, 1.82) is 0 Å². The Labute approximate surface area is 194 Å². The third-order valence-corrected chi connectivity index (χ3v) is 7.03. The highest BCUT2D eigenvalue weighted by Crippen LogP contribution is 2.31. The molecule has 1 atom stereocenters. The Kier molecular flexibility index (Phi) is 7.00. The van der Waals surface area contributed by atoms with Gasteiger partial charge in [0, 0.05) is 50.9 Å². The fourth-order valence-corrected chi connectivity index (χ4v) is 5.02. The van der Waals surface area contributed by atoms with E-state index in [0.717, 1.165) is 45.1 Å². The van der Waals surface area contributed by atoms with Gasteiger partial charge in [0.05, 0.1) is 11.6 Å². The van der Waals surface area contributed by atoms with Crippen molar-refractivity contribution < 1.29 is 13.7 Å². The zero-order valence-electron chi connectivity index (χ0n) is 18.5. The number of nitrogens with zero attached hydrogens (tertiary/aromatic N) is 5. The average Bonchev–Trinajstić information content (AvgIpc) is 3.31. The van der Waals surface area contributed by atoms with Gasteiger partial charge in [-0.15, -0.1) is 12.4 Å². The molecule has 2 aliphatic heterocycles. The standard InChI is InChI=1S/C23H30FN5O2.ClH/c1-16-25-22(31-26-16)17-6-7-21(20(24)14-17)29-11-8-18(15-29)23(30)28-10-3-9-27(12-13-28)19-4-2-5-19;/h6-7,14,18-19H,2-5,8-13,15H2,1H3;1H/t18-;/m1./s1. The smallest absolute Gasteiger partial charge is 0.258 e. The molecule has 1 aromatic carbocycles. The minimum atomic E-state index is -0.327. The fraction of sp³-hybridized carbons (Fsp3) is 0.609. The van der Waals surface area contributed by atoms with Crippen molar-refractivity contribution in [2.75, 3.05) is 44.2 Å². The lowest BCUT2D eigenvalue weighted by molar-refractivity contribution is -0.134. The summed E-state index contributed by atoms with van der Waals surface area (Å²) < 4.78 is 20.0. The Balaban J connectivity index is 0.00000245. The molecule has 1 saturated carbocycles. The molecule has 1 aliphatic carbocycles. The Morgan fingerprint density at radius 3 is 2.62 bits per heavy atom.